The number of alkyl halides is 2. The highest BCUT2D eigenvalue weighted by molar-refractivity contribution is 6.86. The van der Waals surface area contributed by atoms with E-state index in [1.165, 1.54) is 0 Å². The van der Waals surface area contributed by atoms with Gasteiger partial charge < -0.3 is 5.11 Å². The average Bonchev–Trinajstić information content (AvgIpc) is 2.41. The fourth-order valence-corrected chi connectivity index (χ4v) is 13.3. The van der Waals surface area contributed by atoms with E-state index in [-0.39, 0.29) is 29.5 Å². The second-order valence-corrected chi connectivity index (χ2v) is 13.6. The van der Waals surface area contributed by atoms with Crippen molar-refractivity contribution >= 4 is 13.9 Å². The molecule has 1 saturated carbocycles. The molecule has 0 radical (unpaired) electrons. The first-order valence-electron chi connectivity index (χ1n) is 8.09. The van der Waals surface area contributed by atoms with Crippen LogP contribution in [0.25, 0.3) is 0 Å². The molecule has 2 nitrogen and oxygen atoms in total. The highest BCUT2D eigenvalue weighted by Gasteiger charge is 2.71. The number of aliphatic hydroxyl groups is 1. The number of rotatable bonds is 4. The van der Waals surface area contributed by atoms with Gasteiger partial charge in [-0.3, -0.25) is 4.79 Å². The summed E-state index contributed by atoms with van der Waals surface area (Å²) in [5, 5.41) is 9.13. The Labute approximate surface area is 128 Å². The molecule has 0 spiro atoms. The van der Waals surface area contributed by atoms with Gasteiger partial charge in [0.25, 0.3) is 0 Å². The van der Waals surface area contributed by atoms with Crippen molar-refractivity contribution in [2.75, 3.05) is 0 Å². The number of halogens is 2. The Hall–Kier alpha value is -0.293. The normalized spacial score (nSPS) is 27.5. The molecule has 1 atom stereocenters. The van der Waals surface area contributed by atoms with E-state index in [9.17, 15) is 18.7 Å². The molecule has 5 heteroatoms. The van der Waals surface area contributed by atoms with Gasteiger partial charge in [0.2, 0.25) is 5.78 Å². The standard InChI is InChI=1S/C16H30F2O2Si/c1-11(2)21(12(3)4,13(5)6)15(20)10-8-7-9-14(19)16(15,17)18/h11-13,20H,7-10H2,1-6H3. The molecular weight excluding hydrogens is 290 g/mol. The van der Waals surface area contributed by atoms with E-state index < -0.39 is 25.0 Å². The molecule has 0 heterocycles. The molecule has 0 aromatic heterocycles. The van der Waals surface area contributed by atoms with Gasteiger partial charge in [-0.2, -0.15) is 8.78 Å². The molecule has 1 unspecified atom stereocenters. The lowest BCUT2D eigenvalue weighted by atomic mass is 10.1. The van der Waals surface area contributed by atoms with Crippen molar-refractivity contribution in [3.05, 3.63) is 0 Å². The summed E-state index contributed by atoms with van der Waals surface area (Å²) in [7, 11) is -2.88. The molecule has 1 rings (SSSR count). The van der Waals surface area contributed by atoms with Crippen molar-refractivity contribution in [3.8, 4) is 0 Å². The highest BCUT2D eigenvalue weighted by Crippen LogP contribution is 2.56. The van der Waals surface area contributed by atoms with Crippen LogP contribution < -0.4 is 0 Å². The van der Waals surface area contributed by atoms with Crippen LogP contribution in [-0.4, -0.2) is 30.1 Å². The lowest BCUT2D eigenvalue weighted by Gasteiger charge is -2.55. The molecule has 124 valence electrons. The first-order valence-corrected chi connectivity index (χ1v) is 10.3. The maximum Gasteiger partial charge on any atom is 0.330 e. The van der Waals surface area contributed by atoms with Gasteiger partial charge in [0.15, 0.2) is 0 Å². The van der Waals surface area contributed by atoms with Crippen LogP contribution in [0.3, 0.4) is 0 Å². The molecular formula is C16H30F2O2Si. The minimum atomic E-state index is -3.62. The molecule has 1 aliphatic rings. The van der Waals surface area contributed by atoms with Crippen LogP contribution >= 0.6 is 0 Å². The number of hydrogen-bond acceptors (Lipinski definition) is 2. The Morgan fingerprint density at radius 1 is 1.00 bits per heavy atom. The molecule has 1 aliphatic carbocycles. The SMILES string of the molecule is CC(C)[Si](C(C)C)(C(C)C)C1(O)CCCCC(=O)C1(F)F. The number of ketones is 1. The van der Waals surface area contributed by atoms with Crippen LogP contribution in [0.4, 0.5) is 8.78 Å². The smallest absolute Gasteiger partial charge is 0.330 e. The summed E-state index contributed by atoms with van der Waals surface area (Å²) in [5.74, 6) is -4.68. The fraction of sp³-hybridized carbons (Fsp3) is 0.938. The predicted octanol–water partition coefficient (Wildman–Crippen LogP) is 4.71. The molecule has 0 aromatic rings. The first-order chi connectivity index (χ1) is 9.46. The van der Waals surface area contributed by atoms with Gasteiger partial charge in [-0.1, -0.05) is 48.0 Å². The van der Waals surface area contributed by atoms with Gasteiger partial charge in [0, 0.05) is 6.42 Å². The Balaban J connectivity index is 3.62. The largest absolute Gasteiger partial charge is 0.387 e. The van der Waals surface area contributed by atoms with E-state index >= 15 is 0 Å². The van der Waals surface area contributed by atoms with Gasteiger partial charge in [-0.05, 0) is 29.5 Å². The van der Waals surface area contributed by atoms with E-state index in [2.05, 4.69) is 0 Å². The summed E-state index contributed by atoms with van der Waals surface area (Å²) in [6.45, 7) is 11.6. The van der Waals surface area contributed by atoms with E-state index in [1.54, 1.807) is 0 Å². The van der Waals surface area contributed by atoms with Crippen molar-refractivity contribution in [3.63, 3.8) is 0 Å². The minimum absolute atomic E-state index is 0.0146. The Kier molecular flexibility index (Phi) is 5.42. The zero-order valence-corrected chi connectivity index (χ0v) is 15.2. The van der Waals surface area contributed by atoms with Crippen LogP contribution in [0.5, 0.6) is 0 Å². The zero-order chi connectivity index (χ0) is 16.6. The van der Waals surface area contributed by atoms with E-state index in [4.69, 9.17) is 0 Å². The second kappa shape index (κ2) is 6.07. The van der Waals surface area contributed by atoms with Crippen LogP contribution in [-0.2, 0) is 4.79 Å². The quantitative estimate of drug-likeness (QED) is 0.601. The number of Topliss-reactive ketones (excluding diaryl/α,β-unsaturated/α-hetero) is 1. The van der Waals surface area contributed by atoms with Crippen LogP contribution in [0.15, 0.2) is 0 Å². The summed E-state index contributed by atoms with van der Waals surface area (Å²) in [6, 6.07) is 0. The van der Waals surface area contributed by atoms with Crippen LogP contribution in [0.1, 0.15) is 67.2 Å². The topological polar surface area (TPSA) is 37.3 Å². The number of carbonyl (C=O) groups is 1. The van der Waals surface area contributed by atoms with Gasteiger partial charge in [0.05, 0.1) is 0 Å². The molecule has 0 bridgehead atoms. The van der Waals surface area contributed by atoms with E-state index in [0.29, 0.717) is 12.8 Å². The van der Waals surface area contributed by atoms with Gasteiger partial charge >= 0.3 is 5.92 Å². The Morgan fingerprint density at radius 2 is 1.43 bits per heavy atom. The van der Waals surface area contributed by atoms with Gasteiger partial charge in [-0.25, -0.2) is 0 Å². The van der Waals surface area contributed by atoms with Crippen molar-refractivity contribution in [2.24, 2.45) is 0 Å². The van der Waals surface area contributed by atoms with E-state index in [1.807, 2.05) is 41.5 Å². The summed E-state index contributed by atoms with van der Waals surface area (Å²) in [5.41, 5.74) is -0.0437. The maximum atomic E-state index is 14.9. The summed E-state index contributed by atoms with van der Waals surface area (Å²) < 4.78 is 29.8. The third-order valence-corrected chi connectivity index (χ3v) is 13.4. The minimum Gasteiger partial charge on any atom is -0.387 e. The molecule has 0 aromatic carbocycles. The summed E-state index contributed by atoms with van der Waals surface area (Å²) >= 11 is 0. The molecule has 0 aliphatic heterocycles. The Morgan fingerprint density at radius 3 is 1.81 bits per heavy atom. The lowest BCUT2D eigenvalue weighted by Crippen LogP contribution is -2.73. The number of carbonyl (C=O) groups excluding carboxylic acids is 1. The Bertz CT molecular complexity index is 372. The summed E-state index contributed by atoms with van der Waals surface area (Å²) in [4.78, 5) is 12.0. The fourth-order valence-electron chi connectivity index (χ4n) is 5.13. The number of hydrogen-bond donors (Lipinski definition) is 1. The van der Waals surface area contributed by atoms with E-state index in [0.717, 1.165) is 0 Å². The highest BCUT2D eigenvalue weighted by atomic mass is 28.3. The van der Waals surface area contributed by atoms with Gasteiger partial charge in [0.1, 0.15) is 13.3 Å². The summed E-state index contributed by atoms with van der Waals surface area (Å²) in [6.07, 6.45) is 0.884. The predicted molar refractivity (Wildman–Crippen MR) is 84.4 cm³/mol. The zero-order valence-electron chi connectivity index (χ0n) is 14.2. The van der Waals surface area contributed by atoms with Gasteiger partial charge in [-0.15, -0.1) is 0 Å². The third kappa shape index (κ3) is 2.50. The van der Waals surface area contributed by atoms with Crippen molar-refractivity contribution in [1.29, 1.82) is 0 Å². The monoisotopic (exact) mass is 320 g/mol. The second-order valence-electron chi connectivity index (χ2n) is 7.46. The molecule has 1 N–H and O–H groups in total. The molecule has 21 heavy (non-hydrogen) atoms. The average molecular weight is 320 g/mol. The first kappa shape index (κ1) is 18.8. The van der Waals surface area contributed by atoms with Crippen molar-refractivity contribution < 1.29 is 18.7 Å². The van der Waals surface area contributed by atoms with Crippen molar-refractivity contribution in [2.45, 2.75) is 95.0 Å². The molecule has 0 saturated heterocycles. The van der Waals surface area contributed by atoms with Crippen molar-refractivity contribution in [1.82, 2.24) is 0 Å². The van der Waals surface area contributed by atoms with Crippen LogP contribution in [0, 0.1) is 0 Å². The molecule has 1 fully saturated rings. The van der Waals surface area contributed by atoms with Crippen LogP contribution in [0.2, 0.25) is 16.6 Å². The third-order valence-electron chi connectivity index (χ3n) is 5.64. The molecule has 0 amide bonds. The lowest BCUT2D eigenvalue weighted by molar-refractivity contribution is -0.171. The maximum absolute atomic E-state index is 14.9.